The third-order valence-corrected chi connectivity index (χ3v) is 3.81. The van der Waals surface area contributed by atoms with E-state index in [1.165, 1.54) is 0 Å². The Balaban J connectivity index is 2.01. The Hall–Kier alpha value is -1.32. The standard InChI is InChI=1S/C15H19NO2/c1-10-8-15(17,9-11(2)18-10)13-3-4-14-12(7-13)5-6-16-14/h3-7,10-11,16-17H,8-9H2,1-2H3. The van der Waals surface area contributed by atoms with Crippen LogP contribution in [0.25, 0.3) is 10.9 Å². The summed E-state index contributed by atoms with van der Waals surface area (Å²) in [5, 5.41) is 12.0. The van der Waals surface area contributed by atoms with E-state index in [4.69, 9.17) is 4.74 Å². The molecule has 1 aliphatic heterocycles. The number of aromatic nitrogens is 1. The molecule has 0 aliphatic carbocycles. The Morgan fingerprint density at radius 2 is 1.94 bits per heavy atom. The molecular weight excluding hydrogens is 226 g/mol. The van der Waals surface area contributed by atoms with Gasteiger partial charge >= 0.3 is 0 Å². The first-order valence-corrected chi connectivity index (χ1v) is 6.52. The number of nitrogens with one attached hydrogen (secondary N) is 1. The lowest BCUT2D eigenvalue weighted by molar-refractivity contribution is -0.135. The molecule has 2 atom stereocenters. The van der Waals surface area contributed by atoms with E-state index in [2.05, 4.69) is 11.1 Å². The van der Waals surface area contributed by atoms with E-state index in [0.29, 0.717) is 12.8 Å². The van der Waals surface area contributed by atoms with Crippen LogP contribution in [0.1, 0.15) is 32.3 Å². The molecule has 2 unspecified atom stereocenters. The fraction of sp³-hybridized carbons (Fsp3) is 0.467. The number of aromatic amines is 1. The Kier molecular flexibility index (Phi) is 2.68. The van der Waals surface area contributed by atoms with Gasteiger partial charge in [0, 0.05) is 24.6 Å². The second-order valence-electron chi connectivity index (χ2n) is 5.48. The van der Waals surface area contributed by atoms with E-state index in [1.54, 1.807) is 0 Å². The maximum Gasteiger partial charge on any atom is 0.0945 e. The molecule has 0 amide bonds. The second kappa shape index (κ2) is 4.11. The van der Waals surface area contributed by atoms with Gasteiger partial charge in [0.15, 0.2) is 0 Å². The number of benzene rings is 1. The highest BCUT2D eigenvalue weighted by Gasteiger charge is 2.38. The lowest BCUT2D eigenvalue weighted by Crippen LogP contribution is -2.41. The van der Waals surface area contributed by atoms with Crippen molar-refractivity contribution < 1.29 is 9.84 Å². The van der Waals surface area contributed by atoms with E-state index < -0.39 is 5.60 Å². The third kappa shape index (κ3) is 1.93. The molecule has 1 aliphatic rings. The van der Waals surface area contributed by atoms with Gasteiger partial charge in [-0.3, -0.25) is 0 Å². The van der Waals surface area contributed by atoms with E-state index in [1.807, 2.05) is 38.2 Å². The zero-order valence-electron chi connectivity index (χ0n) is 10.8. The number of hydrogen-bond donors (Lipinski definition) is 2. The van der Waals surface area contributed by atoms with Crippen molar-refractivity contribution in [1.29, 1.82) is 0 Å². The maximum absolute atomic E-state index is 10.9. The molecule has 0 radical (unpaired) electrons. The maximum atomic E-state index is 10.9. The molecule has 3 rings (SSSR count). The normalized spacial score (nSPS) is 32.8. The molecule has 0 spiro atoms. The van der Waals surface area contributed by atoms with Crippen LogP contribution in [0.3, 0.4) is 0 Å². The van der Waals surface area contributed by atoms with Gasteiger partial charge in [0.25, 0.3) is 0 Å². The zero-order valence-corrected chi connectivity index (χ0v) is 10.8. The Bertz CT molecular complexity index is 550. The Labute approximate surface area is 107 Å². The summed E-state index contributed by atoms with van der Waals surface area (Å²) in [6.07, 6.45) is 3.44. The number of H-pyrrole nitrogens is 1. The minimum atomic E-state index is -0.761. The largest absolute Gasteiger partial charge is 0.385 e. The molecule has 2 N–H and O–H groups in total. The topological polar surface area (TPSA) is 45.2 Å². The minimum Gasteiger partial charge on any atom is -0.385 e. The summed E-state index contributed by atoms with van der Waals surface area (Å²) in [4.78, 5) is 3.17. The lowest BCUT2D eigenvalue weighted by Gasteiger charge is -2.39. The van der Waals surface area contributed by atoms with E-state index in [-0.39, 0.29) is 12.2 Å². The van der Waals surface area contributed by atoms with E-state index in [9.17, 15) is 5.11 Å². The van der Waals surface area contributed by atoms with Crippen molar-refractivity contribution in [1.82, 2.24) is 4.98 Å². The van der Waals surface area contributed by atoms with Crippen molar-refractivity contribution >= 4 is 10.9 Å². The molecular formula is C15H19NO2. The highest BCUT2D eigenvalue weighted by Crippen LogP contribution is 2.38. The molecule has 1 aromatic carbocycles. The fourth-order valence-electron chi connectivity index (χ4n) is 3.11. The van der Waals surface area contributed by atoms with Crippen LogP contribution in [0.2, 0.25) is 0 Å². The third-order valence-electron chi connectivity index (χ3n) is 3.81. The van der Waals surface area contributed by atoms with Gasteiger partial charge in [-0.2, -0.15) is 0 Å². The average molecular weight is 245 g/mol. The Morgan fingerprint density at radius 1 is 1.22 bits per heavy atom. The van der Waals surface area contributed by atoms with Crippen molar-refractivity contribution in [2.45, 2.75) is 44.5 Å². The van der Waals surface area contributed by atoms with Crippen molar-refractivity contribution in [2.24, 2.45) is 0 Å². The molecule has 0 saturated carbocycles. The van der Waals surface area contributed by atoms with Crippen molar-refractivity contribution in [3.05, 3.63) is 36.0 Å². The lowest BCUT2D eigenvalue weighted by atomic mass is 9.81. The fourth-order valence-corrected chi connectivity index (χ4v) is 3.11. The van der Waals surface area contributed by atoms with Crippen molar-refractivity contribution in [3.63, 3.8) is 0 Å². The number of ether oxygens (including phenoxy) is 1. The molecule has 1 aromatic heterocycles. The van der Waals surface area contributed by atoms with Crippen LogP contribution in [0.5, 0.6) is 0 Å². The van der Waals surface area contributed by atoms with Crippen molar-refractivity contribution in [2.75, 3.05) is 0 Å². The number of hydrogen-bond acceptors (Lipinski definition) is 2. The first-order valence-electron chi connectivity index (χ1n) is 6.52. The van der Waals surface area contributed by atoms with E-state index >= 15 is 0 Å². The first kappa shape index (κ1) is 11.8. The number of fused-ring (bicyclic) bond motifs is 1. The molecule has 2 aromatic rings. The summed E-state index contributed by atoms with van der Waals surface area (Å²) in [6, 6.07) is 8.17. The van der Waals surface area contributed by atoms with Gasteiger partial charge in [-0.1, -0.05) is 6.07 Å². The van der Waals surface area contributed by atoms with Crippen molar-refractivity contribution in [3.8, 4) is 0 Å². The van der Waals surface area contributed by atoms with Gasteiger partial charge in [-0.25, -0.2) is 0 Å². The summed E-state index contributed by atoms with van der Waals surface area (Å²) in [5.41, 5.74) is 1.34. The molecule has 18 heavy (non-hydrogen) atoms. The molecule has 1 fully saturated rings. The summed E-state index contributed by atoms with van der Waals surface area (Å²) < 4.78 is 5.71. The molecule has 3 nitrogen and oxygen atoms in total. The second-order valence-corrected chi connectivity index (χ2v) is 5.48. The summed E-state index contributed by atoms with van der Waals surface area (Å²) >= 11 is 0. The average Bonchev–Trinajstić information content (AvgIpc) is 2.73. The summed E-state index contributed by atoms with van der Waals surface area (Å²) in [5.74, 6) is 0. The highest BCUT2D eigenvalue weighted by molar-refractivity contribution is 5.80. The number of rotatable bonds is 1. The molecule has 0 bridgehead atoms. The minimum absolute atomic E-state index is 0.0978. The van der Waals surface area contributed by atoms with E-state index in [0.717, 1.165) is 16.5 Å². The predicted molar refractivity (Wildman–Crippen MR) is 71.4 cm³/mol. The smallest absolute Gasteiger partial charge is 0.0945 e. The molecule has 3 heteroatoms. The Morgan fingerprint density at radius 3 is 2.67 bits per heavy atom. The van der Waals surface area contributed by atoms with Crippen LogP contribution < -0.4 is 0 Å². The van der Waals surface area contributed by atoms with Crippen LogP contribution in [-0.2, 0) is 10.3 Å². The molecule has 2 heterocycles. The monoisotopic (exact) mass is 245 g/mol. The van der Waals surface area contributed by atoms with Crippen LogP contribution in [0.4, 0.5) is 0 Å². The molecule has 96 valence electrons. The van der Waals surface area contributed by atoms with Crippen LogP contribution in [0.15, 0.2) is 30.5 Å². The highest BCUT2D eigenvalue weighted by atomic mass is 16.5. The van der Waals surface area contributed by atoms with Gasteiger partial charge < -0.3 is 14.8 Å². The van der Waals surface area contributed by atoms with Gasteiger partial charge in [0.1, 0.15) is 0 Å². The SMILES string of the molecule is CC1CC(O)(c2ccc3[nH]ccc3c2)CC(C)O1. The van der Waals surface area contributed by atoms with Gasteiger partial charge in [0.2, 0.25) is 0 Å². The van der Waals surface area contributed by atoms with Gasteiger partial charge in [-0.05, 0) is 43.0 Å². The summed E-state index contributed by atoms with van der Waals surface area (Å²) in [6.45, 7) is 4.05. The molecule has 1 saturated heterocycles. The quantitative estimate of drug-likeness (QED) is 0.811. The predicted octanol–water partition coefficient (Wildman–Crippen LogP) is 2.94. The zero-order chi connectivity index (χ0) is 12.8. The van der Waals surface area contributed by atoms with Crippen LogP contribution >= 0.6 is 0 Å². The summed E-state index contributed by atoms with van der Waals surface area (Å²) in [7, 11) is 0. The van der Waals surface area contributed by atoms with Gasteiger partial charge in [-0.15, -0.1) is 0 Å². The van der Waals surface area contributed by atoms with Gasteiger partial charge in [0.05, 0.1) is 17.8 Å². The van der Waals surface area contributed by atoms with Crippen LogP contribution in [-0.4, -0.2) is 22.3 Å². The first-order chi connectivity index (χ1) is 8.57. The van der Waals surface area contributed by atoms with Crippen LogP contribution in [0, 0.1) is 0 Å². The number of aliphatic hydroxyl groups is 1.